The first kappa shape index (κ1) is 15.9. The van der Waals surface area contributed by atoms with Gasteiger partial charge in [-0.1, -0.05) is 18.9 Å². The van der Waals surface area contributed by atoms with Gasteiger partial charge >= 0.3 is 6.09 Å². The topological polar surface area (TPSA) is 72.6 Å². The number of hydrogen-bond acceptors (Lipinski definition) is 3. The minimum absolute atomic E-state index is 0.117. The summed E-state index contributed by atoms with van der Waals surface area (Å²) < 4.78 is 5.22. The molecule has 1 aliphatic heterocycles. The zero-order valence-corrected chi connectivity index (χ0v) is 13.0. The lowest BCUT2D eigenvalue weighted by molar-refractivity contribution is -0.131. The summed E-state index contributed by atoms with van der Waals surface area (Å²) in [5, 5.41) is 0. The molecular formula is C16H26N2O3. The molecule has 0 saturated heterocycles. The molecule has 0 aromatic heterocycles. The summed E-state index contributed by atoms with van der Waals surface area (Å²) in [6, 6.07) is 0.256. The molecule has 118 valence electrons. The van der Waals surface area contributed by atoms with Gasteiger partial charge in [0.15, 0.2) is 0 Å². The van der Waals surface area contributed by atoms with Crippen LogP contribution in [-0.4, -0.2) is 35.1 Å². The van der Waals surface area contributed by atoms with Gasteiger partial charge in [0.1, 0.15) is 5.60 Å². The third-order valence-electron chi connectivity index (χ3n) is 4.48. The van der Waals surface area contributed by atoms with Crippen LogP contribution in [0.4, 0.5) is 4.79 Å². The molecular weight excluding hydrogens is 268 g/mol. The number of ether oxygens (including phenoxy) is 1. The van der Waals surface area contributed by atoms with Gasteiger partial charge in [0.2, 0.25) is 5.91 Å². The van der Waals surface area contributed by atoms with Gasteiger partial charge in [-0.25, -0.2) is 4.79 Å². The van der Waals surface area contributed by atoms with E-state index in [-0.39, 0.29) is 11.9 Å². The molecule has 2 unspecified atom stereocenters. The molecule has 21 heavy (non-hydrogen) atoms. The number of primary amides is 1. The van der Waals surface area contributed by atoms with E-state index in [0.717, 1.165) is 38.6 Å². The first-order chi connectivity index (χ1) is 9.89. The first-order valence-electron chi connectivity index (χ1n) is 7.85. The largest absolute Gasteiger partial charge is 0.444 e. The van der Waals surface area contributed by atoms with E-state index in [1.165, 1.54) is 6.42 Å². The fourth-order valence-corrected chi connectivity index (χ4v) is 3.71. The van der Waals surface area contributed by atoms with Crippen LogP contribution in [-0.2, 0) is 9.53 Å². The fourth-order valence-electron chi connectivity index (χ4n) is 3.71. The molecule has 2 atom stereocenters. The Morgan fingerprint density at radius 3 is 2.81 bits per heavy atom. The maximum Gasteiger partial charge on any atom is 0.405 e. The van der Waals surface area contributed by atoms with E-state index in [9.17, 15) is 9.59 Å². The second-order valence-corrected chi connectivity index (χ2v) is 6.72. The average molecular weight is 294 g/mol. The minimum Gasteiger partial charge on any atom is -0.444 e. The van der Waals surface area contributed by atoms with Crippen LogP contribution in [0.5, 0.6) is 0 Å². The molecule has 2 N–H and O–H groups in total. The van der Waals surface area contributed by atoms with E-state index in [0.29, 0.717) is 5.92 Å². The number of amides is 2. The van der Waals surface area contributed by atoms with Gasteiger partial charge in [0.05, 0.1) is 0 Å². The van der Waals surface area contributed by atoms with E-state index < -0.39 is 11.7 Å². The van der Waals surface area contributed by atoms with Crippen molar-refractivity contribution in [2.75, 3.05) is 6.54 Å². The van der Waals surface area contributed by atoms with Gasteiger partial charge < -0.3 is 15.4 Å². The summed E-state index contributed by atoms with van der Waals surface area (Å²) in [6.07, 6.45) is 9.00. The third kappa shape index (κ3) is 4.22. The molecule has 2 aliphatic rings. The molecule has 1 fully saturated rings. The zero-order valence-electron chi connectivity index (χ0n) is 13.0. The van der Waals surface area contributed by atoms with Crippen LogP contribution in [0.1, 0.15) is 52.4 Å². The summed E-state index contributed by atoms with van der Waals surface area (Å²) in [5.41, 5.74) is 4.57. The summed E-state index contributed by atoms with van der Waals surface area (Å²) in [5.74, 6) is 0.482. The van der Waals surface area contributed by atoms with E-state index in [1.54, 1.807) is 6.08 Å². The van der Waals surface area contributed by atoms with Crippen LogP contribution in [0, 0.1) is 5.92 Å². The molecule has 0 aromatic rings. The van der Waals surface area contributed by atoms with Gasteiger partial charge in [-0.05, 0) is 51.5 Å². The normalized spacial score (nSPS) is 26.8. The summed E-state index contributed by atoms with van der Waals surface area (Å²) in [7, 11) is 0. The second-order valence-electron chi connectivity index (χ2n) is 6.72. The van der Waals surface area contributed by atoms with E-state index in [2.05, 4.69) is 0 Å². The number of carbonyl (C=O) groups is 2. The highest BCUT2D eigenvalue weighted by Gasteiger charge is 2.37. The second kappa shape index (κ2) is 6.50. The lowest BCUT2D eigenvalue weighted by atomic mass is 9.77. The lowest BCUT2D eigenvalue weighted by Crippen LogP contribution is -2.49. The maximum atomic E-state index is 12.1. The number of hydrogen-bond donors (Lipinski definition) is 1. The van der Waals surface area contributed by atoms with Crippen molar-refractivity contribution in [1.29, 1.82) is 0 Å². The number of nitrogens with two attached hydrogens (primary N) is 1. The van der Waals surface area contributed by atoms with Crippen LogP contribution in [0.2, 0.25) is 0 Å². The van der Waals surface area contributed by atoms with Crippen molar-refractivity contribution < 1.29 is 14.3 Å². The predicted octanol–water partition coefficient (Wildman–Crippen LogP) is 2.60. The van der Waals surface area contributed by atoms with Gasteiger partial charge in [0.25, 0.3) is 0 Å². The van der Waals surface area contributed by atoms with Gasteiger partial charge in [-0.3, -0.25) is 4.79 Å². The molecule has 5 nitrogen and oxygen atoms in total. The summed E-state index contributed by atoms with van der Waals surface area (Å²) >= 11 is 0. The molecule has 0 spiro atoms. The Balaban J connectivity index is 2.06. The first-order valence-corrected chi connectivity index (χ1v) is 7.85. The van der Waals surface area contributed by atoms with Crippen molar-refractivity contribution in [1.82, 2.24) is 4.90 Å². The molecule has 5 heteroatoms. The Morgan fingerprint density at radius 2 is 2.14 bits per heavy atom. The highest BCUT2D eigenvalue weighted by molar-refractivity contribution is 5.88. The fraction of sp³-hybridized carbons (Fsp3) is 0.750. The van der Waals surface area contributed by atoms with Crippen LogP contribution >= 0.6 is 0 Å². The Bertz CT molecular complexity index is 431. The highest BCUT2D eigenvalue weighted by Crippen LogP contribution is 2.36. The van der Waals surface area contributed by atoms with Crippen molar-refractivity contribution in [3.8, 4) is 0 Å². The van der Waals surface area contributed by atoms with Gasteiger partial charge in [-0.2, -0.15) is 0 Å². The molecule has 2 amide bonds. The molecule has 1 heterocycles. The van der Waals surface area contributed by atoms with Crippen LogP contribution in [0.3, 0.4) is 0 Å². The zero-order chi connectivity index (χ0) is 15.5. The third-order valence-corrected chi connectivity index (χ3v) is 4.48. The SMILES string of the molecule is CC(C)(CC1CCCCC1N1CCC=CC1=O)OC(N)=O. The highest BCUT2D eigenvalue weighted by atomic mass is 16.6. The van der Waals surface area contributed by atoms with Crippen molar-refractivity contribution in [2.24, 2.45) is 11.7 Å². The molecule has 1 aliphatic carbocycles. The number of rotatable bonds is 4. The Morgan fingerprint density at radius 1 is 1.43 bits per heavy atom. The average Bonchev–Trinajstić information content (AvgIpc) is 2.38. The Labute approximate surface area is 126 Å². The van der Waals surface area contributed by atoms with E-state index in [4.69, 9.17) is 10.5 Å². The van der Waals surface area contributed by atoms with Gasteiger partial charge in [-0.15, -0.1) is 0 Å². The smallest absolute Gasteiger partial charge is 0.405 e. The summed E-state index contributed by atoms with van der Waals surface area (Å²) in [6.45, 7) is 4.58. The summed E-state index contributed by atoms with van der Waals surface area (Å²) in [4.78, 5) is 25.1. The lowest BCUT2D eigenvalue weighted by Gasteiger charge is -2.43. The maximum absolute atomic E-state index is 12.1. The molecule has 0 radical (unpaired) electrons. The standard InChI is InChI=1S/C16H26N2O3/c1-16(2,21-15(17)20)11-12-7-3-4-8-13(12)18-10-6-5-9-14(18)19/h5,9,12-13H,3-4,6-8,10-11H2,1-2H3,(H2,17,20). The van der Waals surface area contributed by atoms with Crippen LogP contribution < -0.4 is 5.73 Å². The monoisotopic (exact) mass is 294 g/mol. The molecule has 0 bridgehead atoms. The predicted molar refractivity (Wildman–Crippen MR) is 80.6 cm³/mol. The van der Waals surface area contributed by atoms with Crippen molar-refractivity contribution in [3.05, 3.63) is 12.2 Å². The van der Waals surface area contributed by atoms with Crippen molar-refractivity contribution in [3.63, 3.8) is 0 Å². The Hall–Kier alpha value is -1.52. The van der Waals surface area contributed by atoms with Crippen molar-refractivity contribution >= 4 is 12.0 Å². The molecule has 0 aromatic carbocycles. The molecule has 2 rings (SSSR count). The van der Waals surface area contributed by atoms with E-state index >= 15 is 0 Å². The van der Waals surface area contributed by atoms with Crippen molar-refractivity contribution in [2.45, 2.75) is 64.0 Å². The number of nitrogens with zero attached hydrogens (tertiary/aromatic N) is 1. The number of carbonyl (C=O) groups excluding carboxylic acids is 2. The van der Waals surface area contributed by atoms with Crippen LogP contribution in [0.25, 0.3) is 0 Å². The minimum atomic E-state index is -0.732. The van der Waals surface area contributed by atoms with Gasteiger partial charge in [0, 0.05) is 12.6 Å². The quantitative estimate of drug-likeness (QED) is 0.866. The van der Waals surface area contributed by atoms with Crippen LogP contribution in [0.15, 0.2) is 12.2 Å². The van der Waals surface area contributed by atoms with E-state index in [1.807, 2.05) is 24.8 Å². The Kier molecular flexibility index (Phi) is 4.91. The molecule has 1 saturated carbocycles.